The van der Waals surface area contributed by atoms with Crippen molar-refractivity contribution in [1.29, 1.82) is 0 Å². The van der Waals surface area contributed by atoms with E-state index in [-0.39, 0.29) is 36.9 Å². The first-order valence-corrected chi connectivity index (χ1v) is 13.8. The molecule has 38 heavy (non-hydrogen) atoms. The van der Waals surface area contributed by atoms with Gasteiger partial charge in [-0.2, -0.15) is 4.31 Å². The van der Waals surface area contributed by atoms with Gasteiger partial charge in [0.25, 0.3) is 0 Å². The Hall–Kier alpha value is -3.47. The highest BCUT2D eigenvalue weighted by Gasteiger charge is 2.31. The molecule has 3 aromatic rings. The Morgan fingerprint density at radius 1 is 0.974 bits per heavy atom. The summed E-state index contributed by atoms with van der Waals surface area (Å²) in [4.78, 5) is 16.7. The summed E-state index contributed by atoms with van der Waals surface area (Å²) in [5.41, 5.74) is 1.64. The number of sulfonamides is 1. The van der Waals surface area contributed by atoms with Crippen molar-refractivity contribution in [3.8, 4) is 5.75 Å². The van der Waals surface area contributed by atoms with E-state index in [2.05, 4.69) is 10.3 Å². The molecular formula is C28H35N3O6S. The highest BCUT2D eigenvalue weighted by atomic mass is 32.2. The topological polar surface area (TPSA) is 118 Å². The third kappa shape index (κ3) is 8.54. The van der Waals surface area contributed by atoms with Crippen LogP contribution in [0.5, 0.6) is 5.75 Å². The lowest BCUT2D eigenvalue weighted by atomic mass is 10.0. The molecule has 204 valence electrons. The van der Waals surface area contributed by atoms with Gasteiger partial charge in [0.15, 0.2) is 0 Å². The van der Waals surface area contributed by atoms with E-state index >= 15 is 0 Å². The summed E-state index contributed by atoms with van der Waals surface area (Å²) in [6.45, 7) is 3.82. The monoisotopic (exact) mass is 541 g/mol. The van der Waals surface area contributed by atoms with Crippen molar-refractivity contribution in [2.24, 2.45) is 5.92 Å². The van der Waals surface area contributed by atoms with Gasteiger partial charge < -0.3 is 19.9 Å². The van der Waals surface area contributed by atoms with E-state index in [1.165, 1.54) is 23.5 Å². The number of pyridine rings is 1. The van der Waals surface area contributed by atoms with E-state index in [1.54, 1.807) is 36.7 Å². The zero-order chi connectivity index (χ0) is 27.5. The van der Waals surface area contributed by atoms with Gasteiger partial charge in [-0.3, -0.25) is 4.98 Å². The molecule has 2 aromatic carbocycles. The molecule has 1 amide bonds. The van der Waals surface area contributed by atoms with Gasteiger partial charge in [0.2, 0.25) is 10.0 Å². The predicted octanol–water partition coefficient (Wildman–Crippen LogP) is 3.64. The SMILES string of the molecule is COc1ccc(S(=O)(=O)N(CC(C)C)C[C@@H](O)[C@H](Cc2ccccc2)NC(=O)OCc2ccncc2)cc1. The predicted molar refractivity (Wildman–Crippen MR) is 144 cm³/mol. The summed E-state index contributed by atoms with van der Waals surface area (Å²) in [7, 11) is -2.42. The normalized spacial score (nSPS) is 13.2. The van der Waals surface area contributed by atoms with Gasteiger partial charge >= 0.3 is 6.09 Å². The van der Waals surface area contributed by atoms with E-state index in [0.717, 1.165) is 11.1 Å². The van der Waals surface area contributed by atoms with Crippen LogP contribution in [-0.2, 0) is 27.8 Å². The van der Waals surface area contributed by atoms with Gasteiger partial charge in [-0.15, -0.1) is 0 Å². The van der Waals surface area contributed by atoms with Crippen molar-refractivity contribution in [2.75, 3.05) is 20.2 Å². The van der Waals surface area contributed by atoms with Crippen LogP contribution in [0.4, 0.5) is 4.79 Å². The Morgan fingerprint density at radius 2 is 1.63 bits per heavy atom. The molecule has 0 fully saturated rings. The van der Waals surface area contributed by atoms with Crippen LogP contribution in [0.2, 0.25) is 0 Å². The largest absolute Gasteiger partial charge is 0.497 e. The number of benzene rings is 2. The Morgan fingerprint density at radius 3 is 2.24 bits per heavy atom. The quantitative estimate of drug-likeness (QED) is 0.339. The zero-order valence-corrected chi connectivity index (χ0v) is 22.7. The molecule has 9 nitrogen and oxygen atoms in total. The lowest BCUT2D eigenvalue weighted by molar-refractivity contribution is 0.0873. The number of ether oxygens (including phenoxy) is 2. The number of aliphatic hydroxyl groups excluding tert-OH is 1. The molecule has 0 bridgehead atoms. The number of rotatable bonds is 13. The van der Waals surface area contributed by atoms with E-state index in [0.29, 0.717) is 5.75 Å². The highest BCUT2D eigenvalue weighted by molar-refractivity contribution is 7.89. The summed E-state index contributed by atoms with van der Waals surface area (Å²) in [5, 5.41) is 14.0. The maximum absolute atomic E-state index is 13.5. The highest BCUT2D eigenvalue weighted by Crippen LogP contribution is 2.21. The molecule has 0 aliphatic heterocycles. The lowest BCUT2D eigenvalue weighted by Gasteiger charge is -2.30. The third-order valence-electron chi connectivity index (χ3n) is 5.84. The van der Waals surface area contributed by atoms with Crippen LogP contribution in [-0.4, -0.2) is 61.3 Å². The molecule has 0 aliphatic carbocycles. The smallest absolute Gasteiger partial charge is 0.407 e. The molecule has 0 unspecified atom stereocenters. The van der Waals surface area contributed by atoms with Crippen LogP contribution in [0.3, 0.4) is 0 Å². The van der Waals surface area contributed by atoms with Crippen molar-refractivity contribution in [1.82, 2.24) is 14.6 Å². The molecule has 0 radical (unpaired) electrons. The average Bonchev–Trinajstić information content (AvgIpc) is 2.92. The van der Waals surface area contributed by atoms with Gasteiger partial charge in [0.1, 0.15) is 12.4 Å². The fourth-order valence-corrected chi connectivity index (χ4v) is 5.50. The minimum absolute atomic E-state index is 0.00100. The van der Waals surface area contributed by atoms with Gasteiger partial charge in [-0.05, 0) is 59.9 Å². The minimum atomic E-state index is -3.93. The van der Waals surface area contributed by atoms with Gasteiger partial charge in [-0.25, -0.2) is 13.2 Å². The van der Waals surface area contributed by atoms with Gasteiger partial charge in [-0.1, -0.05) is 44.2 Å². The fourth-order valence-electron chi connectivity index (χ4n) is 3.88. The Balaban J connectivity index is 1.79. The lowest BCUT2D eigenvalue weighted by Crippen LogP contribution is -2.51. The molecule has 1 aromatic heterocycles. The molecule has 0 saturated carbocycles. The van der Waals surface area contributed by atoms with Crippen molar-refractivity contribution in [3.05, 3.63) is 90.3 Å². The summed E-state index contributed by atoms with van der Waals surface area (Å²) in [6, 6.07) is 18.1. The second kappa shape index (κ2) is 13.9. The number of hydrogen-bond donors (Lipinski definition) is 2. The second-order valence-electron chi connectivity index (χ2n) is 9.33. The third-order valence-corrected chi connectivity index (χ3v) is 7.69. The second-order valence-corrected chi connectivity index (χ2v) is 11.3. The Kier molecular flexibility index (Phi) is 10.6. The van der Waals surface area contributed by atoms with E-state index < -0.39 is 28.3 Å². The van der Waals surface area contributed by atoms with Crippen molar-refractivity contribution >= 4 is 16.1 Å². The number of nitrogens with one attached hydrogen (secondary N) is 1. The fraction of sp³-hybridized carbons (Fsp3) is 0.357. The molecule has 0 saturated heterocycles. The number of amides is 1. The maximum atomic E-state index is 13.5. The Bertz CT molecular complexity index is 1240. The number of carbonyl (C=O) groups is 1. The first kappa shape index (κ1) is 29.1. The van der Waals surface area contributed by atoms with Crippen LogP contribution in [0.1, 0.15) is 25.0 Å². The van der Waals surface area contributed by atoms with Crippen LogP contribution in [0.25, 0.3) is 0 Å². The summed E-state index contributed by atoms with van der Waals surface area (Å²) in [6.07, 6.45) is 1.56. The number of nitrogens with zero attached hydrogens (tertiary/aromatic N) is 2. The molecule has 0 aliphatic rings. The summed E-state index contributed by atoms with van der Waals surface area (Å²) < 4.78 is 38.8. The van der Waals surface area contributed by atoms with Gasteiger partial charge in [0, 0.05) is 25.5 Å². The van der Waals surface area contributed by atoms with E-state index in [4.69, 9.17) is 9.47 Å². The standard InChI is InChI=1S/C28H35N3O6S/c1-21(2)18-31(38(34,35)25-11-9-24(36-3)10-12-25)19-27(32)26(17-22-7-5-4-6-8-22)30-28(33)37-20-23-13-15-29-16-14-23/h4-16,21,26-27,32H,17-20H2,1-3H3,(H,30,33)/t26-,27+/m0/s1. The number of carbonyl (C=O) groups excluding carboxylic acids is 1. The van der Waals surface area contributed by atoms with E-state index in [9.17, 15) is 18.3 Å². The number of methoxy groups -OCH3 is 1. The molecule has 2 atom stereocenters. The van der Waals surface area contributed by atoms with Gasteiger partial charge in [0.05, 0.1) is 24.2 Å². The van der Waals surface area contributed by atoms with Crippen molar-refractivity contribution < 1.29 is 27.8 Å². The van der Waals surface area contributed by atoms with E-state index in [1.807, 2.05) is 44.2 Å². The molecular weight excluding hydrogens is 506 g/mol. The van der Waals surface area contributed by atoms with Crippen LogP contribution >= 0.6 is 0 Å². The number of alkyl carbamates (subject to hydrolysis) is 1. The molecule has 1 heterocycles. The Labute approximate surface area is 224 Å². The first-order chi connectivity index (χ1) is 18.2. The summed E-state index contributed by atoms with van der Waals surface area (Å²) >= 11 is 0. The van der Waals surface area contributed by atoms with Crippen molar-refractivity contribution in [2.45, 2.75) is 43.9 Å². The summed E-state index contributed by atoms with van der Waals surface area (Å²) in [5.74, 6) is 0.540. The first-order valence-electron chi connectivity index (χ1n) is 12.4. The number of aliphatic hydroxyl groups is 1. The number of hydrogen-bond acceptors (Lipinski definition) is 7. The molecule has 10 heteroatoms. The van der Waals surface area contributed by atoms with Crippen molar-refractivity contribution in [3.63, 3.8) is 0 Å². The maximum Gasteiger partial charge on any atom is 0.407 e. The zero-order valence-electron chi connectivity index (χ0n) is 21.9. The molecule has 0 spiro atoms. The molecule has 3 rings (SSSR count). The number of aromatic nitrogens is 1. The molecule has 2 N–H and O–H groups in total. The minimum Gasteiger partial charge on any atom is -0.497 e. The van der Waals surface area contributed by atoms with Crippen LogP contribution in [0, 0.1) is 5.92 Å². The van der Waals surface area contributed by atoms with Crippen LogP contribution in [0.15, 0.2) is 84.0 Å². The van der Waals surface area contributed by atoms with Crippen LogP contribution < -0.4 is 10.1 Å². The average molecular weight is 542 g/mol.